The second-order valence-corrected chi connectivity index (χ2v) is 9.91. The van der Waals surface area contributed by atoms with Crippen molar-refractivity contribution in [3.8, 4) is 17.2 Å². The van der Waals surface area contributed by atoms with Crippen LogP contribution in [-0.2, 0) is 0 Å². The molecule has 0 unspecified atom stereocenters. The maximum Gasteiger partial charge on any atom is 0.260 e. The molecule has 1 aliphatic rings. The van der Waals surface area contributed by atoms with E-state index in [-0.39, 0.29) is 46.6 Å². The van der Waals surface area contributed by atoms with Crippen LogP contribution in [0.25, 0.3) is 0 Å². The van der Waals surface area contributed by atoms with Crippen molar-refractivity contribution in [1.82, 2.24) is 0 Å². The summed E-state index contributed by atoms with van der Waals surface area (Å²) in [5.74, 6) is -0.840. The first-order chi connectivity index (χ1) is 16.5. The van der Waals surface area contributed by atoms with E-state index in [4.69, 9.17) is 0 Å². The third-order valence-corrected chi connectivity index (χ3v) is 6.15. The fraction of sp³-hybridized carbons (Fsp3) is 0.393. The molecule has 0 spiro atoms. The zero-order valence-electron chi connectivity index (χ0n) is 20.9. The molecule has 0 atom stereocenters. The van der Waals surface area contributed by atoms with Crippen LogP contribution in [0.1, 0.15) is 70.2 Å². The third kappa shape index (κ3) is 6.79. The van der Waals surface area contributed by atoms with Crippen molar-refractivity contribution in [2.24, 2.45) is 0 Å². The molecule has 0 fully saturated rings. The Balaban J connectivity index is 1.75. The van der Waals surface area contributed by atoms with Crippen molar-refractivity contribution in [2.45, 2.75) is 65.4 Å². The monoisotopic (exact) mass is 480 g/mol. The van der Waals surface area contributed by atoms with E-state index in [1.165, 1.54) is 28.7 Å². The van der Waals surface area contributed by atoms with Gasteiger partial charge in [0.15, 0.2) is 0 Å². The Morgan fingerprint density at radius 1 is 1.00 bits per heavy atom. The number of anilines is 3. The number of aliphatic hydroxyl groups is 1. The number of nitrogens with one attached hydrogen (secondary N) is 1. The number of para-hydroxylation sites is 1. The number of amides is 1. The lowest BCUT2D eigenvalue weighted by Gasteiger charge is -2.22. The largest absolute Gasteiger partial charge is 0.508 e. The number of benzene rings is 2. The van der Waals surface area contributed by atoms with Crippen LogP contribution in [0, 0.1) is 0 Å². The molecule has 0 radical (unpaired) electrons. The zero-order chi connectivity index (χ0) is 25.8. The Kier molecular flexibility index (Phi) is 8.12. The van der Waals surface area contributed by atoms with Crippen LogP contribution < -0.4 is 10.2 Å². The Hall–Kier alpha value is -3.45. The average Bonchev–Trinajstić information content (AvgIpc) is 2.87. The van der Waals surface area contributed by atoms with E-state index < -0.39 is 5.60 Å². The molecule has 188 valence electrons. The number of allylic oxidation sites excluding steroid dienone is 3. The standard InChI is InChI=1S/C28H36N2O5/c1-18(10-7-14-28(3,4)35)8-5-9-19(2)13-15-30-22-16-20(31)17-24(33)26(22)29-25-21(27(30)34)11-6-12-23(25)32/h6,8,11-13,16-17,29,31-33,35H,5,7,9-10,14-15H2,1-4H3/b18-8+,19-13+. The second-order valence-electron chi connectivity index (χ2n) is 9.91. The SMILES string of the molecule is C/C(=C\CN1C(=O)c2cccc(O)c2Nc2c(O)cc(O)cc21)CC/C=C(\C)CCCC(C)(C)O. The van der Waals surface area contributed by atoms with Gasteiger partial charge >= 0.3 is 0 Å². The number of nitrogens with zero attached hydrogens (tertiary/aromatic N) is 1. The van der Waals surface area contributed by atoms with Gasteiger partial charge in [-0.3, -0.25) is 4.79 Å². The lowest BCUT2D eigenvalue weighted by molar-refractivity contribution is 0.0689. The highest BCUT2D eigenvalue weighted by atomic mass is 16.3. The van der Waals surface area contributed by atoms with Crippen molar-refractivity contribution in [3.63, 3.8) is 0 Å². The average molecular weight is 481 g/mol. The summed E-state index contributed by atoms with van der Waals surface area (Å²) in [6.07, 6.45) is 8.56. The van der Waals surface area contributed by atoms with Gasteiger partial charge in [0.05, 0.1) is 22.5 Å². The van der Waals surface area contributed by atoms with Gasteiger partial charge in [-0.25, -0.2) is 0 Å². The van der Waals surface area contributed by atoms with Crippen LogP contribution in [0.4, 0.5) is 17.1 Å². The van der Waals surface area contributed by atoms with E-state index in [1.807, 2.05) is 26.8 Å². The van der Waals surface area contributed by atoms with Gasteiger partial charge in [-0.1, -0.05) is 29.4 Å². The van der Waals surface area contributed by atoms with Crippen LogP contribution in [0.15, 0.2) is 53.6 Å². The van der Waals surface area contributed by atoms with Crippen LogP contribution in [0.2, 0.25) is 0 Å². The molecule has 7 nitrogen and oxygen atoms in total. The molecule has 0 saturated carbocycles. The lowest BCUT2D eigenvalue weighted by Crippen LogP contribution is -2.30. The van der Waals surface area contributed by atoms with E-state index in [1.54, 1.807) is 12.1 Å². The topological polar surface area (TPSA) is 113 Å². The summed E-state index contributed by atoms with van der Waals surface area (Å²) in [4.78, 5) is 14.9. The highest BCUT2D eigenvalue weighted by Crippen LogP contribution is 2.45. The molecule has 1 amide bonds. The molecule has 1 aliphatic heterocycles. The molecule has 0 saturated heterocycles. The maximum atomic E-state index is 13.4. The van der Waals surface area contributed by atoms with Gasteiger partial charge in [0.25, 0.3) is 5.91 Å². The zero-order valence-corrected chi connectivity index (χ0v) is 20.9. The minimum Gasteiger partial charge on any atom is -0.508 e. The first-order valence-corrected chi connectivity index (χ1v) is 12.0. The van der Waals surface area contributed by atoms with Crippen molar-refractivity contribution >= 4 is 23.0 Å². The summed E-state index contributed by atoms with van der Waals surface area (Å²) in [6.45, 7) is 8.01. The number of rotatable bonds is 9. The Labute approximate surface area is 207 Å². The van der Waals surface area contributed by atoms with E-state index in [0.29, 0.717) is 5.69 Å². The summed E-state index contributed by atoms with van der Waals surface area (Å²) < 4.78 is 0. The summed E-state index contributed by atoms with van der Waals surface area (Å²) in [5, 5.41) is 43.7. The number of hydrogen-bond donors (Lipinski definition) is 5. The molecule has 0 aliphatic carbocycles. The summed E-state index contributed by atoms with van der Waals surface area (Å²) in [7, 11) is 0. The van der Waals surface area contributed by atoms with Gasteiger partial charge < -0.3 is 30.6 Å². The van der Waals surface area contributed by atoms with E-state index >= 15 is 0 Å². The number of phenolic OH excluding ortho intramolecular Hbond substituents is 3. The fourth-order valence-electron chi connectivity index (χ4n) is 4.15. The van der Waals surface area contributed by atoms with Gasteiger partial charge in [-0.15, -0.1) is 0 Å². The Morgan fingerprint density at radius 2 is 1.71 bits per heavy atom. The number of phenols is 3. The number of carbonyl (C=O) groups excluding carboxylic acids is 1. The van der Waals surface area contributed by atoms with Gasteiger partial charge in [0.2, 0.25) is 0 Å². The number of hydrogen-bond acceptors (Lipinski definition) is 6. The van der Waals surface area contributed by atoms with E-state index in [0.717, 1.165) is 37.7 Å². The van der Waals surface area contributed by atoms with E-state index in [2.05, 4.69) is 18.3 Å². The molecule has 2 aromatic carbocycles. The molecular formula is C28H36N2O5. The molecule has 0 aromatic heterocycles. The van der Waals surface area contributed by atoms with Gasteiger partial charge in [0.1, 0.15) is 22.9 Å². The lowest BCUT2D eigenvalue weighted by atomic mass is 9.99. The maximum absolute atomic E-state index is 13.4. The third-order valence-electron chi connectivity index (χ3n) is 6.15. The minimum atomic E-state index is -0.634. The first kappa shape index (κ1) is 26.2. The quantitative estimate of drug-likeness (QED) is 0.168. The normalized spacial score (nSPS) is 14.3. The second kappa shape index (κ2) is 10.9. The van der Waals surface area contributed by atoms with Crippen LogP contribution >= 0.6 is 0 Å². The summed E-state index contributed by atoms with van der Waals surface area (Å²) in [6, 6.07) is 7.29. The fourth-order valence-corrected chi connectivity index (χ4v) is 4.15. The van der Waals surface area contributed by atoms with Gasteiger partial charge in [-0.05, 0) is 71.9 Å². The molecular weight excluding hydrogens is 444 g/mol. The first-order valence-electron chi connectivity index (χ1n) is 12.0. The molecule has 1 heterocycles. The van der Waals surface area contributed by atoms with Crippen molar-refractivity contribution in [1.29, 1.82) is 0 Å². The van der Waals surface area contributed by atoms with Crippen molar-refractivity contribution in [3.05, 3.63) is 59.2 Å². The van der Waals surface area contributed by atoms with Gasteiger partial charge in [0, 0.05) is 18.7 Å². The molecule has 0 bridgehead atoms. The predicted molar refractivity (Wildman–Crippen MR) is 140 cm³/mol. The Morgan fingerprint density at radius 3 is 2.43 bits per heavy atom. The van der Waals surface area contributed by atoms with E-state index in [9.17, 15) is 25.2 Å². The van der Waals surface area contributed by atoms with Crippen LogP contribution in [0.5, 0.6) is 17.2 Å². The minimum absolute atomic E-state index is 0.104. The molecule has 7 heteroatoms. The number of carbonyl (C=O) groups is 1. The summed E-state index contributed by atoms with van der Waals surface area (Å²) >= 11 is 0. The van der Waals surface area contributed by atoms with Crippen molar-refractivity contribution in [2.75, 3.05) is 16.8 Å². The summed E-state index contributed by atoms with van der Waals surface area (Å²) in [5.41, 5.74) is 2.83. The number of aromatic hydroxyl groups is 3. The molecule has 35 heavy (non-hydrogen) atoms. The number of fused-ring (bicyclic) bond motifs is 2. The predicted octanol–water partition coefficient (Wildman–Crippen LogP) is 6.12. The van der Waals surface area contributed by atoms with Gasteiger partial charge in [-0.2, -0.15) is 0 Å². The highest BCUT2D eigenvalue weighted by Gasteiger charge is 2.29. The van der Waals surface area contributed by atoms with Crippen molar-refractivity contribution < 1.29 is 25.2 Å². The smallest absolute Gasteiger partial charge is 0.260 e. The van der Waals surface area contributed by atoms with Crippen LogP contribution in [-0.4, -0.2) is 38.5 Å². The molecule has 2 aromatic rings. The Bertz CT molecular complexity index is 1140. The molecule has 5 N–H and O–H groups in total. The van der Waals surface area contributed by atoms with Crippen LogP contribution in [0.3, 0.4) is 0 Å². The highest BCUT2D eigenvalue weighted by molar-refractivity contribution is 6.15. The molecule has 3 rings (SSSR count).